The van der Waals surface area contributed by atoms with E-state index >= 15 is 0 Å². The first-order valence-corrected chi connectivity index (χ1v) is 5.72. The highest BCUT2D eigenvalue weighted by atomic mass is 16.6. The molecule has 5 N–H and O–H groups in total. The highest BCUT2D eigenvalue weighted by molar-refractivity contribution is 5.56. The van der Waals surface area contributed by atoms with Crippen LogP contribution in [-0.4, -0.2) is 33.1 Å². The van der Waals surface area contributed by atoms with E-state index in [-0.39, 0.29) is 29.5 Å². The molecule has 0 amide bonds. The van der Waals surface area contributed by atoms with Crippen LogP contribution in [0.25, 0.3) is 0 Å². The Morgan fingerprint density at radius 3 is 2.79 bits per heavy atom. The van der Waals surface area contributed by atoms with E-state index in [1.165, 1.54) is 0 Å². The monoisotopic (exact) mass is 270 g/mol. The molecule has 0 aliphatic heterocycles. The van der Waals surface area contributed by atoms with Gasteiger partial charge in [0.2, 0.25) is 11.8 Å². The van der Waals surface area contributed by atoms with Crippen molar-refractivity contribution in [3.8, 4) is 0 Å². The number of aliphatic hydroxyl groups excluding tert-OH is 1. The van der Waals surface area contributed by atoms with Crippen LogP contribution >= 0.6 is 0 Å². The van der Waals surface area contributed by atoms with Gasteiger partial charge in [-0.15, -0.1) is 0 Å². The second kappa shape index (κ2) is 6.25. The lowest BCUT2D eigenvalue weighted by Gasteiger charge is -2.24. The summed E-state index contributed by atoms with van der Waals surface area (Å²) < 4.78 is 0. The van der Waals surface area contributed by atoms with Crippen molar-refractivity contribution in [3.63, 3.8) is 0 Å². The molecule has 0 spiro atoms. The molecule has 0 fully saturated rings. The molecule has 0 aliphatic carbocycles. The number of aliphatic hydroxyl groups is 1. The fourth-order valence-corrected chi connectivity index (χ4v) is 1.42. The minimum atomic E-state index is -0.568. The average Bonchev–Trinajstić information content (AvgIpc) is 2.35. The Balaban J connectivity index is 2.89. The number of aromatic nitrogens is 2. The molecule has 19 heavy (non-hydrogen) atoms. The molecule has 0 saturated carbocycles. The first kappa shape index (κ1) is 15.1. The van der Waals surface area contributed by atoms with Crippen LogP contribution in [0.5, 0.6) is 0 Å². The van der Waals surface area contributed by atoms with E-state index in [2.05, 4.69) is 20.7 Å². The fourth-order valence-electron chi connectivity index (χ4n) is 1.42. The molecular weight excluding hydrogens is 252 g/mol. The van der Waals surface area contributed by atoms with Gasteiger partial charge >= 0.3 is 5.69 Å². The minimum absolute atomic E-state index is 0.0517. The first-order valence-electron chi connectivity index (χ1n) is 5.72. The minimum Gasteiger partial charge on any atom is -0.396 e. The molecule has 0 bridgehead atoms. The SMILES string of the molecule is CC(C)(CCO)CNc1nc(NN)ncc1[N+](=O)[O-]. The van der Waals surface area contributed by atoms with Gasteiger partial charge in [0.1, 0.15) is 6.20 Å². The van der Waals surface area contributed by atoms with Crippen LogP contribution < -0.4 is 16.6 Å². The van der Waals surface area contributed by atoms with Crippen LogP contribution in [0.15, 0.2) is 6.20 Å². The second-order valence-corrected chi connectivity index (χ2v) is 4.82. The van der Waals surface area contributed by atoms with Crippen LogP contribution in [0.1, 0.15) is 20.3 Å². The maximum absolute atomic E-state index is 10.9. The van der Waals surface area contributed by atoms with E-state index in [1.807, 2.05) is 13.8 Å². The summed E-state index contributed by atoms with van der Waals surface area (Å²) in [5.41, 5.74) is 1.79. The van der Waals surface area contributed by atoms with Gasteiger partial charge in [0.15, 0.2) is 0 Å². The van der Waals surface area contributed by atoms with Crippen LogP contribution in [0.3, 0.4) is 0 Å². The Morgan fingerprint density at radius 1 is 1.58 bits per heavy atom. The third-order valence-electron chi connectivity index (χ3n) is 2.62. The Hall–Kier alpha value is -2.00. The zero-order valence-electron chi connectivity index (χ0n) is 10.9. The predicted molar refractivity (Wildman–Crippen MR) is 70.5 cm³/mol. The maximum Gasteiger partial charge on any atom is 0.329 e. The zero-order valence-corrected chi connectivity index (χ0v) is 10.9. The second-order valence-electron chi connectivity index (χ2n) is 4.82. The maximum atomic E-state index is 10.9. The number of hydrazine groups is 1. The standard InChI is InChI=1S/C10H18N6O3/c1-10(2,3-4-17)6-13-8-7(16(18)19)5-12-9(14-8)15-11/h5,17H,3-4,6,11H2,1-2H3,(H2,12,13,14,15). The number of hydrogen-bond acceptors (Lipinski definition) is 8. The molecule has 1 aromatic rings. The normalized spacial score (nSPS) is 11.2. The van der Waals surface area contributed by atoms with Crippen molar-refractivity contribution in [1.82, 2.24) is 9.97 Å². The molecule has 106 valence electrons. The number of rotatable bonds is 7. The summed E-state index contributed by atoms with van der Waals surface area (Å²) in [5.74, 6) is 5.36. The van der Waals surface area contributed by atoms with Gasteiger partial charge in [-0.1, -0.05) is 13.8 Å². The van der Waals surface area contributed by atoms with Crippen molar-refractivity contribution < 1.29 is 10.0 Å². The molecule has 0 saturated heterocycles. The van der Waals surface area contributed by atoms with E-state index in [0.29, 0.717) is 13.0 Å². The van der Waals surface area contributed by atoms with Crippen LogP contribution in [0, 0.1) is 15.5 Å². The largest absolute Gasteiger partial charge is 0.396 e. The van der Waals surface area contributed by atoms with Crippen LogP contribution in [-0.2, 0) is 0 Å². The summed E-state index contributed by atoms with van der Waals surface area (Å²) in [4.78, 5) is 17.9. The Labute approximate surface area is 110 Å². The van der Waals surface area contributed by atoms with Gasteiger partial charge in [0, 0.05) is 13.2 Å². The van der Waals surface area contributed by atoms with Gasteiger partial charge in [0.25, 0.3) is 0 Å². The number of nitrogens with two attached hydrogens (primary N) is 1. The highest BCUT2D eigenvalue weighted by Gasteiger charge is 2.21. The van der Waals surface area contributed by atoms with Crippen molar-refractivity contribution in [3.05, 3.63) is 16.3 Å². The molecule has 9 heteroatoms. The highest BCUT2D eigenvalue weighted by Crippen LogP contribution is 2.25. The van der Waals surface area contributed by atoms with Gasteiger partial charge in [-0.2, -0.15) is 4.98 Å². The van der Waals surface area contributed by atoms with E-state index < -0.39 is 4.92 Å². The van der Waals surface area contributed by atoms with E-state index in [9.17, 15) is 10.1 Å². The van der Waals surface area contributed by atoms with E-state index in [1.54, 1.807) is 0 Å². The zero-order chi connectivity index (χ0) is 14.5. The molecule has 9 nitrogen and oxygen atoms in total. The van der Waals surface area contributed by atoms with E-state index in [4.69, 9.17) is 10.9 Å². The van der Waals surface area contributed by atoms with Crippen molar-refractivity contribution in [1.29, 1.82) is 0 Å². The third kappa shape index (κ3) is 4.30. The number of nitrogen functional groups attached to an aromatic ring is 1. The number of anilines is 2. The lowest BCUT2D eigenvalue weighted by molar-refractivity contribution is -0.384. The van der Waals surface area contributed by atoms with E-state index in [0.717, 1.165) is 6.20 Å². The van der Waals surface area contributed by atoms with Gasteiger partial charge in [-0.25, -0.2) is 10.8 Å². The van der Waals surface area contributed by atoms with Gasteiger partial charge < -0.3 is 10.4 Å². The lowest BCUT2D eigenvalue weighted by atomic mass is 9.90. The van der Waals surface area contributed by atoms with Crippen molar-refractivity contribution in [2.45, 2.75) is 20.3 Å². The lowest BCUT2D eigenvalue weighted by Crippen LogP contribution is -2.25. The third-order valence-corrected chi connectivity index (χ3v) is 2.62. The van der Waals surface area contributed by atoms with Crippen LogP contribution in [0.4, 0.5) is 17.5 Å². The molecule has 0 atom stereocenters. The smallest absolute Gasteiger partial charge is 0.329 e. The van der Waals surface area contributed by atoms with Crippen molar-refractivity contribution in [2.75, 3.05) is 23.9 Å². The van der Waals surface area contributed by atoms with Crippen molar-refractivity contribution >= 4 is 17.5 Å². The van der Waals surface area contributed by atoms with Gasteiger partial charge in [-0.05, 0) is 11.8 Å². The summed E-state index contributed by atoms with van der Waals surface area (Å²) in [6.07, 6.45) is 1.66. The Kier molecular flexibility index (Phi) is 4.95. The summed E-state index contributed by atoms with van der Waals surface area (Å²) in [7, 11) is 0. The molecular formula is C10H18N6O3. The summed E-state index contributed by atoms with van der Waals surface area (Å²) in [5, 5.41) is 22.7. The Morgan fingerprint density at radius 2 is 2.26 bits per heavy atom. The molecule has 0 unspecified atom stereocenters. The van der Waals surface area contributed by atoms with Gasteiger partial charge in [-0.3, -0.25) is 15.5 Å². The Bertz CT molecular complexity index is 451. The van der Waals surface area contributed by atoms with Gasteiger partial charge in [0.05, 0.1) is 4.92 Å². The van der Waals surface area contributed by atoms with Crippen molar-refractivity contribution in [2.24, 2.45) is 11.3 Å². The fraction of sp³-hybridized carbons (Fsp3) is 0.600. The first-order chi connectivity index (χ1) is 8.89. The topological polar surface area (TPSA) is 139 Å². The quantitative estimate of drug-likeness (QED) is 0.319. The average molecular weight is 270 g/mol. The molecule has 1 rings (SSSR count). The number of nitrogens with one attached hydrogen (secondary N) is 2. The number of nitrogens with zero attached hydrogens (tertiary/aromatic N) is 3. The number of nitro groups is 1. The summed E-state index contributed by atoms with van der Waals surface area (Å²) in [6.45, 7) is 4.35. The summed E-state index contributed by atoms with van der Waals surface area (Å²) >= 11 is 0. The number of hydrogen-bond donors (Lipinski definition) is 4. The summed E-state index contributed by atoms with van der Waals surface area (Å²) in [6, 6.07) is 0. The molecule has 1 heterocycles. The predicted octanol–water partition coefficient (Wildman–Crippen LogP) is 0.491. The molecule has 0 radical (unpaired) electrons. The molecule has 0 aromatic carbocycles. The molecule has 1 aromatic heterocycles. The molecule has 0 aliphatic rings. The van der Waals surface area contributed by atoms with Crippen LogP contribution in [0.2, 0.25) is 0 Å².